The molecule has 0 aliphatic heterocycles. The number of anilines is 5. The maximum atomic E-state index is 13.3. The molecule has 0 bridgehead atoms. The number of likely N-dealkylation sites (N-methyl/N-ethyl adjacent to an activating group) is 1. The van der Waals surface area contributed by atoms with E-state index in [1.165, 1.54) is 29.4 Å². The molecule has 1 heterocycles. The standard InChI is InChI=1S/C20H17ClFN5O/c1-3-20(28)27(2)15-6-4-5-13(9-15)25-18-11-19(24-12-23-18)26-14-7-8-17(22)16(21)10-14/h3-12H,1H2,2H3,(H2,23,24,25,26). The van der Waals surface area contributed by atoms with Gasteiger partial charge >= 0.3 is 0 Å². The zero-order chi connectivity index (χ0) is 20.1. The van der Waals surface area contributed by atoms with Crippen LogP contribution in [0.15, 0.2) is 67.5 Å². The average Bonchev–Trinajstić information content (AvgIpc) is 2.70. The van der Waals surface area contributed by atoms with Crippen LogP contribution in [0, 0.1) is 5.82 Å². The van der Waals surface area contributed by atoms with E-state index in [2.05, 4.69) is 27.2 Å². The molecule has 0 saturated carbocycles. The highest BCUT2D eigenvalue weighted by Gasteiger charge is 2.08. The third-order valence-corrected chi connectivity index (χ3v) is 4.16. The van der Waals surface area contributed by atoms with Crippen LogP contribution in [0.5, 0.6) is 0 Å². The summed E-state index contributed by atoms with van der Waals surface area (Å²) in [5, 5.41) is 6.23. The molecule has 0 aliphatic carbocycles. The van der Waals surface area contributed by atoms with Crippen LogP contribution in [-0.4, -0.2) is 22.9 Å². The highest BCUT2D eigenvalue weighted by molar-refractivity contribution is 6.31. The summed E-state index contributed by atoms with van der Waals surface area (Å²) in [5.74, 6) is 0.358. The average molecular weight is 398 g/mol. The summed E-state index contributed by atoms with van der Waals surface area (Å²) in [6, 6.07) is 13.3. The lowest BCUT2D eigenvalue weighted by molar-refractivity contribution is -0.113. The zero-order valence-electron chi connectivity index (χ0n) is 15.0. The van der Waals surface area contributed by atoms with Gasteiger partial charge in [-0.2, -0.15) is 0 Å². The van der Waals surface area contributed by atoms with Crippen molar-refractivity contribution in [3.8, 4) is 0 Å². The van der Waals surface area contributed by atoms with Crippen molar-refractivity contribution in [3.63, 3.8) is 0 Å². The number of amides is 1. The maximum Gasteiger partial charge on any atom is 0.250 e. The van der Waals surface area contributed by atoms with E-state index < -0.39 is 5.82 Å². The Morgan fingerprint density at radius 3 is 2.43 bits per heavy atom. The molecular formula is C20H17ClFN5O. The first-order valence-electron chi connectivity index (χ1n) is 8.27. The van der Waals surface area contributed by atoms with Gasteiger partial charge in [0.25, 0.3) is 0 Å². The van der Waals surface area contributed by atoms with Crippen molar-refractivity contribution in [1.82, 2.24) is 9.97 Å². The molecular weight excluding hydrogens is 381 g/mol. The molecule has 0 atom stereocenters. The van der Waals surface area contributed by atoms with Gasteiger partial charge in [-0.25, -0.2) is 14.4 Å². The Bertz CT molecular complexity index is 1030. The summed E-state index contributed by atoms with van der Waals surface area (Å²) < 4.78 is 13.3. The summed E-state index contributed by atoms with van der Waals surface area (Å²) in [5.41, 5.74) is 2.06. The van der Waals surface area contributed by atoms with Gasteiger partial charge in [0.1, 0.15) is 23.8 Å². The van der Waals surface area contributed by atoms with Crippen LogP contribution in [0.4, 0.5) is 33.1 Å². The lowest BCUT2D eigenvalue weighted by Crippen LogP contribution is -2.23. The lowest BCUT2D eigenvalue weighted by atomic mass is 10.2. The quantitative estimate of drug-likeness (QED) is 0.578. The molecule has 0 unspecified atom stereocenters. The second-order valence-electron chi connectivity index (χ2n) is 5.82. The Balaban J connectivity index is 1.76. The molecule has 0 aliphatic rings. The predicted octanol–water partition coefficient (Wildman–Crippen LogP) is 4.91. The molecule has 142 valence electrons. The van der Waals surface area contributed by atoms with E-state index in [1.54, 1.807) is 19.2 Å². The van der Waals surface area contributed by atoms with E-state index in [-0.39, 0.29) is 10.9 Å². The number of rotatable bonds is 6. The van der Waals surface area contributed by atoms with Crippen molar-refractivity contribution in [2.45, 2.75) is 0 Å². The fourth-order valence-corrected chi connectivity index (χ4v) is 2.60. The number of nitrogens with one attached hydrogen (secondary N) is 2. The van der Waals surface area contributed by atoms with Gasteiger partial charge in [0.15, 0.2) is 0 Å². The summed E-state index contributed by atoms with van der Waals surface area (Å²) in [6.45, 7) is 3.49. The lowest BCUT2D eigenvalue weighted by Gasteiger charge is -2.16. The number of nitrogens with zero attached hydrogens (tertiary/aromatic N) is 3. The van der Waals surface area contributed by atoms with Gasteiger partial charge in [-0.3, -0.25) is 4.79 Å². The second-order valence-corrected chi connectivity index (χ2v) is 6.23. The number of aromatic nitrogens is 2. The van der Waals surface area contributed by atoms with E-state index in [4.69, 9.17) is 11.6 Å². The Kier molecular flexibility index (Phi) is 5.86. The van der Waals surface area contributed by atoms with Gasteiger partial charge in [-0.05, 0) is 42.5 Å². The number of hydrogen-bond acceptors (Lipinski definition) is 5. The van der Waals surface area contributed by atoms with E-state index in [1.807, 2.05) is 24.3 Å². The van der Waals surface area contributed by atoms with Crippen molar-refractivity contribution < 1.29 is 9.18 Å². The van der Waals surface area contributed by atoms with E-state index in [0.29, 0.717) is 23.0 Å². The number of benzene rings is 2. The van der Waals surface area contributed by atoms with Crippen LogP contribution < -0.4 is 15.5 Å². The molecule has 2 N–H and O–H groups in total. The molecule has 3 aromatic rings. The summed E-state index contributed by atoms with van der Waals surface area (Å²) >= 11 is 5.80. The SMILES string of the molecule is C=CC(=O)N(C)c1cccc(Nc2cc(Nc3ccc(F)c(Cl)c3)ncn2)c1. The summed E-state index contributed by atoms with van der Waals surface area (Å²) in [4.78, 5) is 21.6. The topological polar surface area (TPSA) is 70.2 Å². The molecule has 0 saturated heterocycles. The molecule has 2 aromatic carbocycles. The highest BCUT2D eigenvalue weighted by atomic mass is 35.5. The smallest absolute Gasteiger partial charge is 0.250 e. The van der Waals surface area contributed by atoms with Gasteiger partial charge in [-0.1, -0.05) is 24.2 Å². The fourth-order valence-electron chi connectivity index (χ4n) is 2.42. The molecule has 0 fully saturated rings. The van der Waals surface area contributed by atoms with Crippen molar-refractivity contribution >= 4 is 46.2 Å². The van der Waals surface area contributed by atoms with Crippen LogP contribution in [0.3, 0.4) is 0 Å². The summed E-state index contributed by atoms with van der Waals surface area (Å²) in [7, 11) is 1.67. The molecule has 1 amide bonds. The highest BCUT2D eigenvalue weighted by Crippen LogP contribution is 2.25. The predicted molar refractivity (Wildman–Crippen MR) is 110 cm³/mol. The van der Waals surface area contributed by atoms with Crippen LogP contribution >= 0.6 is 11.6 Å². The third-order valence-electron chi connectivity index (χ3n) is 3.87. The van der Waals surface area contributed by atoms with Crippen LogP contribution in [0.25, 0.3) is 0 Å². The van der Waals surface area contributed by atoms with Crippen LogP contribution in [-0.2, 0) is 4.79 Å². The minimum absolute atomic E-state index is 0.0208. The molecule has 6 nitrogen and oxygen atoms in total. The largest absolute Gasteiger partial charge is 0.340 e. The Labute approximate surface area is 166 Å². The Morgan fingerprint density at radius 1 is 1.11 bits per heavy atom. The van der Waals surface area contributed by atoms with Gasteiger partial charge in [0.05, 0.1) is 5.02 Å². The zero-order valence-corrected chi connectivity index (χ0v) is 15.7. The van der Waals surface area contributed by atoms with Gasteiger partial charge in [0, 0.05) is 30.2 Å². The fraction of sp³-hybridized carbons (Fsp3) is 0.0500. The first kappa shape index (κ1) is 19.3. The number of halogens is 2. The van der Waals surface area contributed by atoms with Crippen molar-refractivity contribution in [3.05, 3.63) is 78.4 Å². The maximum absolute atomic E-state index is 13.3. The van der Waals surface area contributed by atoms with Crippen molar-refractivity contribution in [1.29, 1.82) is 0 Å². The van der Waals surface area contributed by atoms with Crippen LogP contribution in [0.2, 0.25) is 5.02 Å². The summed E-state index contributed by atoms with van der Waals surface area (Å²) in [6.07, 6.45) is 2.65. The van der Waals surface area contributed by atoms with Gasteiger partial charge in [0.2, 0.25) is 5.91 Å². The van der Waals surface area contributed by atoms with Crippen LogP contribution in [0.1, 0.15) is 0 Å². The van der Waals surface area contributed by atoms with E-state index >= 15 is 0 Å². The van der Waals surface area contributed by atoms with E-state index in [9.17, 15) is 9.18 Å². The van der Waals surface area contributed by atoms with Crippen molar-refractivity contribution in [2.24, 2.45) is 0 Å². The molecule has 0 spiro atoms. The minimum atomic E-state index is -0.489. The molecule has 3 rings (SSSR count). The molecule has 0 radical (unpaired) electrons. The third kappa shape index (κ3) is 4.63. The first-order chi connectivity index (χ1) is 13.5. The second kappa shape index (κ2) is 8.49. The monoisotopic (exact) mass is 397 g/mol. The number of carbonyl (C=O) groups excluding carboxylic acids is 1. The normalized spacial score (nSPS) is 10.2. The Morgan fingerprint density at radius 2 is 1.79 bits per heavy atom. The van der Waals surface area contributed by atoms with Gasteiger partial charge in [-0.15, -0.1) is 0 Å². The Hall–Kier alpha value is -3.45. The minimum Gasteiger partial charge on any atom is -0.340 e. The van der Waals surface area contributed by atoms with E-state index in [0.717, 1.165) is 5.69 Å². The molecule has 1 aromatic heterocycles. The number of hydrogen-bond donors (Lipinski definition) is 2. The first-order valence-corrected chi connectivity index (χ1v) is 8.65. The van der Waals surface area contributed by atoms with Crippen molar-refractivity contribution in [2.75, 3.05) is 22.6 Å². The molecule has 28 heavy (non-hydrogen) atoms. The number of carbonyl (C=O) groups is 1. The molecule has 8 heteroatoms. The van der Waals surface area contributed by atoms with Gasteiger partial charge < -0.3 is 15.5 Å².